The van der Waals surface area contributed by atoms with Crippen molar-refractivity contribution >= 4 is 0 Å². The highest BCUT2D eigenvalue weighted by atomic mass is 16.4. The number of hydrogen-bond acceptors (Lipinski definition) is 5. The molecule has 5 nitrogen and oxygen atoms in total. The molecule has 2 rings (SSSR count). The van der Waals surface area contributed by atoms with E-state index in [1.54, 1.807) is 18.2 Å². The fourth-order valence-electron chi connectivity index (χ4n) is 1.95. The van der Waals surface area contributed by atoms with Crippen LogP contribution in [0, 0.1) is 0 Å². The zero-order chi connectivity index (χ0) is 14.7. The van der Waals surface area contributed by atoms with Crippen molar-refractivity contribution in [1.82, 2.24) is 4.90 Å². The van der Waals surface area contributed by atoms with Gasteiger partial charge in [0.1, 0.15) is 17.8 Å². The van der Waals surface area contributed by atoms with Gasteiger partial charge in [-0.1, -0.05) is 12.1 Å². The molecule has 5 heteroatoms. The standard InChI is InChI=1S/C15H17NO4/c1-10(11-4-3-5-12(17)6-11)16(2)8-13-7-14(18)15(19)9-20-13/h3-7,9-10,17,19H,8H2,1-2H3. The van der Waals surface area contributed by atoms with Crippen LogP contribution in [0.5, 0.6) is 11.5 Å². The Balaban J connectivity index is 2.13. The third kappa shape index (κ3) is 3.19. The second-order valence-corrected chi connectivity index (χ2v) is 4.78. The van der Waals surface area contributed by atoms with E-state index in [2.05, 4.69) is 0 Å². The predicted octanol–water partition coefficient (Wildman–Crippen LogP) is 2.24. The number of hydrogen-bond donors (Lipinski definition) is 2. The second kappa shape index (κ2) is 5.79. The van der Waals surface area contributed by atoms with Crippen molar-refractivity contribution in [2.45, 2.75) is 19.5 Å². The van der Waals surface area contributed by atoms with Gasteiger partial charge in [0.25, 0.3) is 0 Å². The average Bonchev–Trinajstić information content (AvgIpc) is 2.42. The van der Waals surface area contributed by atoms with Crippen LogP contribution in [0.15, 0.2) is 45.8 Å². The molecule has 0 aliphatic carbocycles. The first-order chi connectivity index (χ1) is 9.47. The van der Waals surface area contributed by atoms with Gasteiger partial charge in [-0.15, -0.1) is 0 Å². The van der Waals surface area contributed by atoms with Crippen LogP contribution in [-0.4, -0.2) is 22.2 Å². The summed E-state index contributed by atoms with van der Waals surface area (Å²) >= 11 is 0. The summed E-state index contributed by atoms with van der Waals surface area (Å²) in [5.74, 6) is 0.304. The Bertz CT molecular complexity index is 650. The van der Waals surface area contributed by atoms with Gasteiger partial charge in [0, 0.05) is 12.1 Å². The lowest BCUT2D eigenvalue weighted by Gasteiger charge is -2.24. The van der Waals surface area contributed by atoms with Gasteiger partial charge in [-0.2, -0.15) is 0 Å². The maximum atomic E-state index is 11.3. The van der Waals surface area contributed by atoms with Crippen LogP contribution < -0.4 is 5.43 Å². The molecule has 20 heavy (non-hydrogen) atoms. The molecule has 1 atom stereocenters. The molecule has 2 N–H and O–H groups in total. The smallest absolute Gasteiger partial charge is 0.226 e. The van der Waals surface area contributed by atoms with E-state index in [4.69, 9.17) is 9.52 Å². The van der Waals surface area contributed by atoms with Crippen LogP contribution in [0.25, 0.3) is 0 Å². The van der Waals surface area contributed by atoms with Gasteiger partial charge in [0.05, 0.1) is 6.54 Å². The van der Waals surface area contributed by atoms with E-state index in [9.17, 15) is 9.90 Å². The van der Waals surface area contributed by atoms with Gasteiger partial charge in [0.15, 0.2) is 5.75 Å². The van der Waals surface area contributed by atoms with Gasteiger partial charge < -0.3 is 14.6 Å². The van der Waals surface area contributed by atoms with E-state index in [-0.39, 0.29) is 11.8 Å². The Kier molecular flexibility index (Phi) is 4.10. The lowest BCUT2D eigenvalue weighted by molar-refractivity contribution is 0.228. The van der Waals surface area contributed by atoms with Crippen molar-refractivity contribution in [2.24, 2.45) is 0 Å². The van der Waals surface area contributed by atoms with Gasteiger partial charge >= 0.3 is 0 Å². The first-order valence-electron chi connectivity index (χ1n) is 6.27. The van der Waals surface area contributed by atoms with Crippen LogP contribution in [0.3, 0.4) is 0 Å². The molecule has 2 aromatic rings. The third-order valence-electron chi connectivity index (χ3n) is 3.29. The summed E-state index contributed by atoms with van der Waals surface area (Å²) in [5, 5.41) is 18.6. The molecule has 0 aliphatic heterocycles. The Morgan fingerprint density at radius 2 is 2.05 bits per heavy atom. The lowest BCUT2D eigenvalue weighted by atomic mass is 10.1. The number of phenols is 1. The topological polar surface area (TPSA) is 73.9 Å². The summed E-state index contributed by atoms with van der Waals surface area (Å²) in [7, 11) is 1.89. The quantitative estimate of drug-likeness (QED) is 0.895. The van der Waals surface area contributed by atoms with Crippen molar-refractivity contribution in [3.8, 4) is 11.5 Å². The highest BCUT2D eigenvalue weighted by Gasteiger charge is 2.14. The van der Waals surface area contributed by atoms with E-state index in [1.807, 2.05) is 24.9 Å². The maximum absolute atomic E-state index is 11.3. The molecule has 0 amide bonds. The minimum Gasteiger partial charge on any atom is -0.508 e. The summed E-state index contributed by atoms with van der Waals surface area (Å²) < 4.78 is 5.18. The van der Waals surface area contributed by atoms with Crippen molar-refractivity contribution in [3.05, 3.63) is 58.1 Å². The molecular formula is C15H17NO4. The Labute approximate surface area is 116 Å². The number of aromatic hydroxyl groups is 2. The molecule has 0 fully saturated rings. The minimum absolute atomic E-state index is 0.0428. The SMILES string of the molecule is CC(c1cccc(O)c1)N(C)Cc1cc(=O)c(O)co1. The van der Waals surface area contributed by atoms with Crippen LogP contribution in [0.4, 0.5) is 0 Å². The monoisotopic (exact) mass is 275 g/mol. The Morgan fingerprint density at radius 1 is 1.30 bits per heavy atom. The highest BCUT2D eigenvalue weighted by Crippen LogP contribution is 2.23. The van der Waals surface area contributed by atoms with E-state index in [0.717, 1.165) is 11.8 Å². The van der Waals surface area contributed by atoms with Gasteiger partial charge in [0.2, 0.25) is 5.43 Å². The molecule has 1 aromatic heterocycles. The fraction of sp³-hybridized carbons (Fsp3) is 0.267. The zero-order valence-corrected chi connectivity index (χ0v) is 11.4. The second-order valence-electron chi connectivity index (χ2n) is 4.78. The van der Waals surface area contributed by atoms with E-state index < -0.39 is 11.2 Å². The number of rotatable bonds is 4. The summed E-state index contributed by atoms with van der Waals surface area (Å²) in [4.78, 5) is 13.3. The van der Waals surface area contributed by atoms with Crippen molar-refractivity contribution in [2.75, 3.05) is 7.05 Å². The van der Waals surface area contributed by atoms with Gasteiger partial charge in [-0.05, 0) is 31.7 Å². The molecule has 0 saturated heterocycles. The van der Waals surface area contributed by atoms with Crippen LogP contribution in [0.2, 0.25) is 0 Å². The van der Waals surface area contributed by atoms with Gasteiger partial charge in [-0.3, -0.25) is 9.69 Å². The molecule has 0 bridgehead atoms. The van der Waals surface area contributed by atoms with E-state index in [0.29, 0.717) is 12.3 Å². The molecule has 0 radical (unpaired) electrons. The van der Waals surface area contributed by atoms with Crippen LogP contribution in [-0.2, 0) is 6.54 Å². The minimum atomic E-state index is -0.454. The lowest BCUT2D eigenvalue weighted by Crippen LogP contribution is -2.22. The normalized spacial score (nSPS) is 12.6. The number of benzene rings is 1. The molecule has 1 heterocycles. The molecule has 1 unspecified atom stereocenters. The zero-order valence-electron chi connectivity index (χ0n) is 11.4. The summed E-state index contributed by atoms with van der Waals surface area (Å²) in [6.45, 7) is 2.42. The van der Waals surface area contributed by atoms with Crippen LogP contribution in [0.1, 0.15) is 24.3 Å². The highest BCUT2D eigenvalue weighted by molar-refractivity contribution is 5.29. The van der Waals surface area contributed by atoms with Crippen LogP contribution >= 0.6 is 0 Å². The molecular weight excluding hydrogens is 258 g/mol. The molecule has 106 valence electrons. The summed E-state index contributed by atoms with van der Waals surface area (Å²) in [6.07, 6.45) is 1.05. The molecule has 1 aromatic carbocycles. The molecule has 0 saturated carbocycles. The van der Waals surface area contributed by atoms with E-state index in [1.165, 1.54) is 6.07 Å². The average molecular weight is 275 g/mol. The summed E-state index contributed by atoms with van der Waals surface area (Å²) in [5.41, 5.74) is 0.512. The van der Waals surface area contributed by atoms with Crippen molar-refractivity contribution in [1.29, 1.82) is 0 Å². The first kappa shape index (κ1) is 14.1. The molecule has 0 aliphatic rings. The van der Waals surface area contributed by atoms with E-state index >= 15 is 0 Å². The Hall–Kier alpha value is -2.27. The number of nitrogens with zero attached hydrogens (tertiary/aromatic N) is 1. The maximum Gasteiger partial charge on any atom is 0.226 e. The Morgan fingerprint density at radius 3 is 2.70 bits per heavy atom. The summed E-state index contributed by atoms with van der Waals surface area (Å²) in [6, 6.07) is 8.36. The molecule has 0 spiro atoms. The number of phenolic OH excluding ortho intramolecular Hbond substituents is 1. The predicted molar refractivity (Wildman–Crippen MR) is 74.6 cm³/mol. The first-order valence-corrected chi connectivity index (χ1v) is 6.27. The van der Waals surface area contributed by atoms with Crippen molar-refractivity contribution < 1.29 is 14.6 Å². The largest absolute Gasteiger partial charge is 0.508 e. The van der Waals surface area contributed by atoms with Crippen molar-refractivity contribution in [3.63, 3.8) is 0 Å². The van der Waals surface area contributed by atoms with Gasteiger partial charge in [-0.25, -0.2) is 0 Å². The third-order valence-corrected chi connectivity index (χ3v) is 3.29. The fourth-order valence-corrected chi connectivity index (χ4v) is 1.95.